The number of hydrogen-bond acceptors (Lipinski definition) is 43. The van der Waals surface area contributed by atoms with Crippen LogP contribution >= 0.6 is 46.9 Å². The lowest BCUT2D eigenvalue weighted by atomic mass is 9.87. The van der Waals surface area contributed by atoms with Crippen LogP contribution in [0.15, 0.2) is 37.0 Å². The summed E-state index contributed by atoms with van der Waals surface area (Å²) in [5, 5.41) is 61.5. The zero-order valence-electron chi connectivity index (χ0n) is 57.7. The van der Waals surface area contributed by atoms with E-state index in [9.17, 15) is 121 Å². The van der Waals surface area contributed by atoms with Gasteiger partial charge in [0, 0.05) is 68.6 Å². The minimum Gasteiger partial charge on any atom is -0.790 e. The molecule has 6 rings (SSSR count). The summed E-state index contributed by atoms with van der Waals surface area (Å²) in [6.45, 7) is 6.06. The fourth-order valence-electron chi connectivity index (χ4n) is 9.33. The highest BCUT2D eigenvalue weighted by Crippen LogP contribution is 2.58. The lowest BCUT2D eigenvalue weighted by molar-refractivity contribution is -0.348. The van der Waals surface area contributed by atoms with Crippen LogP contribution in [0.25, 0.3) is 22.3 Å². The number of phosphoric ester groups is 6. The third-order valence-electron chi connectivity index (χ3n) is 15.6. The molecule has 0 spiro atoms. The van der Waals surface area contributed by atoms with Gasteiger partial charge in [-0.05, 0) is 26.3 Å². The molecule has 6 heterocycles. The zero-order valence-corrected chi connectivity index (χ0v) is 63.1. The van der Waals surface area contributed by atoms with E-state index in [0.717, 1.165) is 34.4 Å². The van der Waals surface area contributed by atoms with E-state index < -0.39 is 181 Å². The second-order valence-electron chi connectivity index (χ2n) is 24.9. The number of nitrogens with two attached hydrogens (primary N) is 2. The van der Waals surface area contributed by atoms with E-state index in [1.165, 1.54) is 34.6 Å². The summed E-state index contributed by atoms with van der Waals surface area (Å²) in [5.74, 6) is -4.30. The summed E-state index contributed by atoms with van der Waals surface area (Å²) in [5.41, 5.74) is 8.62. The molecule has 2 aliphatic heterocycles. The standard InChI is InChI=1S/C26H44N7O18P3.C26H42N7O17P3/c1-13(14(2)34)15(35)5-7-28-17(36)6-8-29-24(39)21(38)26(3,4)10-48-54(45,46)51-53(43,44)47-9-16-20(50-52(40,41)42)19(37)25(49-16)33-12-32-18-22(27)30-11-31-23(18)33;1-5-14(2)15(34)6-8-28-17(35)7-9-29-24(38)21(37)26(3,4)11-47-53(44,45)50-52(42,43)46-10-16-20(49-51(39,40)41)19(36)25(48-16)33-13-32-18-22(27)30-12-31-23(18)33/h11-14,16,19-21,25,34,37-38H,5-10H2,1-4H3,(H,28,36)(H,29,39)(H,43,44)(H,45,46)(H2,27,30,31)(H2,40,41,42);5,12-13,16,19-21,25,36-37H,6-11H2,1-4H3,(H,28,35)(H,29,38)(H,42,43)(H,44,45)(H2,27,30,31)(H2,39,40,41)/p-8/b;14-5+. The number of hydrogen-bond donors (Lipinski definition) is 11. The number of carbonyl (C=O) groups is 6. The molecule has 4 aromatic heterocycles. The Labute approximate surface area is 606 Å². The molecule has 0 aromatic carbocycles. The van der Waals surface area contributed by atoms with Crippen molar-refractivity contribution in [1.29, 1.82) is 0 Å². The Balaban J connectivity index is 0.000000384. The van der Waals surface area contributed by atoms with Crippen LogP contribution < -0.4 is 71.9 Å². The molecular formula is C52H78N14O35P6-8. The molecule has 49 nitrogen and oxygen atoms in total. The number of Topliss-reactive ketones (excluding diaryl/α,β-unsaturated/α-hetero) is 2. The summed E-state index contributed by atoms with van der Waals surface area (Å²) in [6, 6.07) is 0. The summed E-state index contributed by atoms with van der Waals surface area (Å²) in [7, 11) is -35.2. The molecule has 0 bridgehead atoms. The van der Waals surface area contributed by atoms with E-state index in [1.807, 2.05) is 0 Å². The average Bonchev–Trinajstić information content (AvgIpc) is 1.62. The third-order valence-corrected chi connectivity index (χ3v) is 21.6. The Bertz CT molecular complexity index is 4120. The first-order chi connectivity index (χ1) is 49.3. The molecule has 16 atom stereocenters. The molecule has 0 radical (unpaired) electrons. The van der Waals surface area contributed by atoms with Crippen LogP contribution in [0.3, 0.4) is 0 Å². The van der Waals surface area contributed by atoms with Gasteiger partial charge in [0.2, 0.25) is 23.6 Å². The number of fused-ring (bicyclic) bond motifs is 2. The van der Waals surface area contributed by atoms with Gasteiger partial charge in [0.25, 0.3) is 31.3 Å². The molecule has 0 saturated carbocycles. The number of nitrogens with zero attached hydrogens (tertiary/aromatic N) is 8. The highest BCUT2D eigenvalue weighted by Gasteiger charge is 2.49. The van der Waals surface area contributed by atoms with Crippen LogP contribution in [0.1, 0.15) is 93.5 Å². The predicted octanol–water partition coefficient (Wildman–Crippen LogP) is -7.34. The molecule has 2 fully saturated rings. The first-order valence-corrected chi connectivity index (χ1v) is 40.1. The number of ketones is 2. The van der Waals surface area contributed by atoms with E-state index in [-0.39, 0.29) is 97.4 Å². The van der Waals surface area contributed by atoms with Crippen molar-refractivity contribution < 1.29 is 166 Å². The van der Waals surface area contributed by atoms with Gasteiger partial charge in [-0.1, -0.05) is 40.7 Å². The lowest BCUT2D eigenvalue weighted by Gasteiger charge is -2.36. The van der Waals surface area contributed by atoms with Crippen LogP contribution in [0, 0.1) is 16.7 Å². The fraction of sp³-hybridized carbons (Fsp3) is 0.654. The Morgan fingerprint density at radius 1 is 0.570 bits per heavy atom. The van der Waals surface area contributed by atoms with Crippen molar-refractivity contribution in [2.45, 2.75) is 148 Å². The normalized spacial score (nSPS) is 22.9. The van der Waals surface area contributed by atoms with Gasteiger partial charge in [-0.2, -0.15) is 0 Å². The summed E-state index contributed by atoms with van der Waals surface area (Å²) >= 11 is 0. The molecule has 4 aromatic rings. The van der Waals surface area contributed by atoms with Crippen LogP contribution in [0.5, 0.6) is 0 Å². The number of imidazole rings is 2. The number of aliphatic hydroxyl groups excluding tert-OH is 5. The minimum atomic E-state index is -5.92. The van der Waals surface area contributed by atoms with E-state index in [0.29, 0.717) is 5.57 Å². The molecule has 4 amide bonds. The summed E-state index contributed by atoms with van der Waals surface area (Å²) in [4.78, 5) is 191. The molecule has 16 unspecified atom stereocenters. The Morgan fingerprint density at radius 3 is 1.28 bits per heavy atom. The van der Waals surface area contributed by atoms with E-state index in [1.54, 1.807) is 26.8 Å². The molecule has 604 valence electrons. The maximum absolute atomic E-state index is 12.5. The zero-order chi connectivity index (χ0) is 80.8. The number of aromatic nitrogens is 8. The summed E-state index contributed by atoms with van der Waals surface area (Å²) < 4.78 is 121. The van der Waals surface area contributed by atoms with Gasteiger partial charge < -0.3 is 143 Å². The van der Waals surface area contributed by atoms with Gasteiger partial charge in [-0.15, -0.1) is 0 Å². The Morgan fingerprint density at radius 2 is 0.925 bits per heavy atom. The van der Waals surface area contributed by atoms with E-state index >= 15 is 0 Å². The van der Waals surface area contributed by atoms with Gasteiger partial charge >= 0.3 is 0 Å². The van der Waals surface area contributed by atoms with Crippen LogP contribution in [-0.4, -0.2) is 207 Å². The van der Waals surface area contributed by atoms with Crippen molar-refractivity contribution in [3.05, 3.63) is 37.0 Å². The first kappa shape index (κ1) is 91.7. The van der Waals surface area contributed by atoms with Crippen LogP contribution in [-0.2, 0) is 101 Å². The number of nitrogen functional groups attached to an aromatic ring is 2. The first-order valence-electron chi connectivity index (χ1n) is 31.3. The topological polar surface area (TPSA) is 770 Å². The number of allylic oxidation sites excluding steroid dienone is 2. The van der Waals surface area contributed by atoms with Crippen LogP contribution in [0.2, 0.25) is 0 Å². The molecule has 55 heteroatoms. The van der Waals surface area contributed by atoms with Crippen molar-refractivity contribution in [3.63, 3.8) is 0 Å². The quantitative estimate of drug-likeness (QED) is 0.0145. The average molecular weight is 1650 g/mol. The third kappa shape index (κ3) is 27.8. The van der Waals surface area contributed by atoms with Crippen molar-refractivity contribution in [2.24, 2.45) is 16.7 Å². The van der Waals surface area contributed by atoms with Gasteiger partial charge in [-0.3, -0.25) is 56.2 Å². The highest BCUT2D eigenvalue weighted by molar-refractivity contribution is 7.60. The highest BCUT2D eigenvalue weighted by atomic mass is 31.3. The molecule has 13 N–H and O–H groups in total. The summed E-state index contributed by atoms with van der Waals surface area (Å²) in [6.07, 6.45) is -14.5. The maximum Gasteiger partial charge on any atom is 0.274 e. The number of amides is 4. The number of aliphatic hydroxyl groups is 5. The number of anilines is 2. The lowest BCUT2D eigenvalue weighted by Crippen LogP contribution is -2.46. The largest absolute Gasteiger partial charge is 0.790 e. The van der Waals surface area contributed by atoms with Crippen molar-refractivity contribution in [2.75, 3.05) is 64.1 Å². The number of phosphoric acid groups is 6. The van der Waals surface area contributed by atoms with Crippen molar-refractivity contribution in [1.82, 2.24) is 60.3 Å². The monoisotopic (exact) mass is 1640 g/mol. The molecule has 107 heavy (non-hydrogen) atoms. The molecular weight excluding hydrogens is 1570 g/mol. The number of carbonyl (C=O) groups excluding carboxylic acids is 6. The van der Waals surface area contributed by atoms with Crippen LogP contribution in [0.4, 0.5) is 11.6 Å². The molecule has 2 aliphatic rings. The van der Waals surface area contributed by atoms with E-state index in [4.69, 9.17) is 20.9 Å². The maximum atomic E-state index is 12.5. The minimum absolute atomic E-state index is 0.0103. The molecule has 2 saturated heterocycles. The Hall–Kier alpha value is -5.88. The van der Waals surface area contributed by atoms with Crippen molar-refractivity contribution in [3.8, 4) is 0 Å². The van der Waals surface area contributed by atoms with Gasteiger partial charge in [-0.25, -0.2) is 38.5 Å². The van der Waals surface area contributed by atoms with E-state index in [2.05, 4.69) is 86.9 Å². The van der Waals surface area contributed by atoms with Gasteiger partial charge in [0.1, 0.15) is 78.3 Å². The number of ether oxygens (including phenoxy) is 2. The smallest absolute Gasteiger partial charge is 0.274 e. The number of nitrogens with one attached hydrogen (secondary N) is 4. The second-order valence-corrected chi connectivity index (χ2v) is 33.0. The molecule has 0 aliphatic carbocycles. The predicted molar refractivity (Wildman–Crippen MR) is 341 cm³/mol. The number of rotatable bonds is 41. The van der Waals surface area contributed by atoms with Gasteiger partial charge in [0.05, 0.1) is 60.8 Å². The van der Waals surface area contributed by atoms with Gasteiger partial charge in [0.15, 0.2) is 41.2 Å². The van der Waals surface area contributed by atoms with Crippen molar-refractivity contribution >= 4 is 116 Å². The Kier molecular flexibility index (Phi) is 32.9. The fourth-order valence-corrected chi connectivity index (χ4v) is 14.8. The second kappa shape index (κ2) is 38.4. The SMILES string of the molecule is C/C=C(\C)C(=O)CCNC(=O)CCNC(=O)C(O)C(C)(C)COP(=O)([O-])OP(=O)([O-])OCC1OC(n2cnc3c(N)ncnc32)C(O)C1OP(=O)([O-])[O-].CC(O)C(C)C(=O)CCNC(=O)CCNC(=O)C(O)C(C)(C)COP(=O)([O-])OP(=O)([O-])OCC1OC(n2cnc3c(N)ncnc32)C(O)C1OP(=O)([O-])[O-].